The number of nitrogens with one attached hydrogen (secondary N) is 1. The fraction of sp³-hybridized carbons (Fsp3) is 0.625. The highest BCUT2D eigenvalue weighted by molar-refractivity contribution is 5.45. The molecule has 1 aliphatic carbocycles. The SMILES string of the molecule is CC1CCCC(NCCN(C)c2cccc(F)c2)C1. The second-order valence-electron chi connectivity index (χ2n) is 5.82. The van der Waals surface area contributed by atoms with Gasteiger partial charge in [-0.15, -0.1) is 0 Å². The van der Waals surface area contributed by atoms with Crippen molar-refractivity contribution in [1.82, 2.24) is 5.32 Å². The van der Waals surface area contributed by atoms with Gasteiger partial charge in [-0.25, -0.2) is 4.39 Å². The topological polar surface area (TPSA) is 15.3 Å². The second kappa shape index (κ2) is 6.90. The van der Waals surface area contributed by atoms with Crippen LogP contribution in [0.5, 0.6) is 0 Å². The Kier molecular flexibility index (Phi) is 5.20. The second-order valence-corrected chi connectivity index (χ2v) is 5.82. The Morgan fingerprint density at radius 2 is 2.21 bits per heavy atom. The van der Waals surface area contributed by atoms with Gasteiger partial charge in [-0.05, 0) is 37.0 Å². The highest BCUT2D eigenvalue weighted by Gasteiger charge is 2.17. The first-order chi connectivity index (χ1) is 9.15. The quantitative estimate of drug-likeness (QED) is 0.876. The van der Waals surface area contributed by atoms with Crippen molar-refractivity contribution in [2.24, 2.45) is 5.92 Å². The summed E-state index contributed by atoms with van der Waals surface area (Å²) in [5.74, 6) is 0.686. The molecule has 19 heavy (non-hydrogen) atoms. The Hall–Kier alpha value is -1.09. The van der Waals surface area contributed by atoms with Crippen molar-refractivity contribution < 1.29 is 4.39 Å². The van der Waals surface area contributed by atoms with E-state index in [1.54, 1.807) is 12.1 Å². The molecule has 2 atom stereocenters. The Labute approximate surface area is 116 Å². The lowest BCUT2D eigenvalue weighted by molar-refractivity contribution is 0.303. The number of halogens is 1. The average Bonchev–Trinajstić information content (AvgIpc) is 2.38. The summed E-state index contributed by atoms with van der Waals surface area (Å²) in [6.07, 6.45) is 5.32. The van der Waals surface area contributed by atoms with Gasteiger partial charge in [0.2, 0.25) is 0 Å². The number of rotatable bonds is 5. The monoisotopic (exact) mass is 264 g/mol. The number of hydrogen-bond donors (Lipinski definition) is 1. The molecular formula is C16H25FN2. The van der Waals surface area contributed by atoms with Gasteiger partial charge in [0.25, 0.3) is 0 Å². The Bertz CT molecular complexity index is 394. The third-order valence-electron chi connectivity index (χ3n) is 4.07. The van der Waals surface area contributed by atoms with Crippen LogP contribution in [-0.2, 0) is 0 Å². The molecule has 1 N–H and O–H groups in total. The molecule has 0 heterocycles. The largest absolute Gasteiger partial charge is 0.373 e. The van der Waals surface area contributed by atoms with Crippen LogP contribution >= 0.6 is 0 Å². The molecule has 3 heteroatoms. The highest BCUT2D eigenvalue weighted by Crippen LogP contribution is 2.23. The number of anilines is 1. The van der Waals surface area contributed by atoms with Crippen LogP contribution in [0, 0.1) is 11.7 Å². The van der Waals surface area contributed by atoms with Gasteiger partial charge in [0.05, 0.1) is 0 Å². The summed E-state index contributed by atoms with van der Waals surface area (Å²) in [5.41, 5.74) is 0.943. The molecule has 0 aromatic heterocycles. The van der Waals surface area contributed by atoms with Gasteiger partial charge in [-0.1, -0.05) is 25.8 Å². The summed E-state index contributed by atoms with van der Waals surface area (Å²) in [5, 5.41) is 3.63. The lowest BCUT2D eigenvalue weighted by atomic mass is 9.87. The molecule has 2 nitrogen and oxygen atoms in total. The minimum atomic E-state index is -0.168. The molecule has 1 fully saturated rings. The number of likely N-dealkylation sites (N-methyl/N-ethyl adjacent to an activating group) is 1. The van der Waals surface area contributed by atoms with Crippen LogP contribution in [0.1, 0.15) is 32.6 Å². The van der Waals surface area contributed by atoms with E-state index in [0.29, 0.717) is 6.04 Å². The molecule has 0 aliphatic heterocycles. The normalized spacial score (nSPS) is 23.3. The van der Waals surface area contributed by atoms with Crippen LogP contribution in [0.15, 0.2) is 24.3 Å². The summed E-state index contributed by atoms with van der Waals surface area (Å²) in [7, 11) is 2.01. The standard InChI is InChI=1S/C16H25FN2/c1-13-5-3-7-15(11-13)18-9-10-19(2)16-8-4-6-14(17)12-16/h4,6,8,12-13,15,18H,3,5,7,9-11H2,1-2H3. The van der Waals surface area contributed by atoms with Gasteiger partial charge in [-0.2, -0.15) is 0 Å². The maximum atomic E-state index is 13.1. The van der Waals surface area contributed by atoms with Crippen molar-refractivity contribution in [3.05, 3.63) is 30.1 Å². The molecule has 2 rings (SSSR count). The lowest BCUT2D eigenvalue weighted by Crippen LogP contribution is -2.38. The first-order valence-electron chi connectivity index (χ1n) is 7.35. The Balaban J connectivity index is 1.73. The van der Waals surface area contributed by atoms with Crippen LogP contribution in [0.4, 0.5) is 10.1 Å². The third kappa shape index (κ3) is 4.50. The zero-order valence-electron chi connectivity index (χ0n) is 12.0. The molecular weight excluding hydrogens is 239 g/mol. The number of benzene rings is 1. The molecule has 0 radical (unpaired) electrons. The van der Waals surface area contributed by atoms with Crippen molar-refractivity contribution >= 4 is 5.69 Å². The van der Waals surface area contributed by atoms with Crippen LogP contribution in [0.3, 0.4) is 0 Å². The van der Waals surface area contributed by atoms with E-state index in [4.69, 9.17) is 0 Å². The molecule has 1 aliphatic rings. The summed E-state index contributed by atoms with van der Waals surface area (Å²) in [4.78, 5) is 2.10. The minimum Gasteiger partial charge on any atom is -0.373 e. The van der Waals surface area contributed by atoms with E-state index >= 15 is 0 Å². The molecule has 0 bridgehead atoms. The molecule has 0 amide bonds. The summed E-state index contributed by atoms with van der Waals surface area (Å²) in [6, 6.07) is 7.45. The molecule has 2 unspecified atom stereocenters. The van der Waals surface area contributed by atoms with Crippen molar-refractivity contribution in [2.75, 3.05) is 25.0 Å². The molecule has 1 saturated carbocycles. The Morgan fingerprint density at radius 3 is 2.95 bits per heavy atom. The van der Waals surface area contributed by atoms with Crippen molar-refractivity contribution in [1.29, 1.82) is 0 Å². The first-order valence-corrected chi connectivity index (χ1v) is 7.35. The maximum absolute atomic E-state index is 13.1. The zero-order chi connectivity index (χ0) is 13.7. The van der Waals surface area contributed by atoms with Gasteiger partial charge >= 0.3 is 0 Å². The fourth-order valence-corrected chi connectivity index (χ4v) is 2.90. The van der Waals surface area contributed by atoms with Gasteiger partial charge in [0.15, 0.2) is 0 Å². The summed E-state index contributed by atoms with van der Waals surface area (Å²) >= 11 is 0. The van der Waals surface area contributed by atoms with E-state index < -0.39 is 0 Å². The van der Waals surface area contributed by atoms with Crippen LogP contribution < -0.4 is 10.2 Å². The summed E-state index contributed by atoms with van der Waals surface area (Å²) < 4.78 is 13.1. The fourth-order valence-electron chi connectivity index (χ4n) is 2.90. The van der Waals surface area contributed by atoms with Crippen LogP contribution in [-0.4, -0.2) is 26.2 Å². The molecule has 106 valence electrons. The number of nitrogens with zero attached hydrogens (tertiary/aromatic N) is 1. The predicted molar refractivity (Wildman–Crippen MR) is 79.1 cm³/mol. The molecule has 0 saturated heterocycles. The first kappa shape index (κ1) is 14.3. The summed E-state index contributed by atoms with van der Waals surface area (Å²) in [6.45, 7) is 4.21. The van der Waals surface area contributed by atoms with E-state index in [0.717, 1.165) is 24.7 Å². The van der Waals surface area contributed by atoms with E-state index in [9.17, 15) is 4.39 Å². The van der Waals surface area contributed by atoms with Crippen molar-refractivity contribution in [2.45, 2.75) is 38.6 Å². The zero-order valence-corrected chi connectivity index (χ0v) is 12.0. The average molecular weight is 264 g/mol. The molecule has 1 aromatic carbocycles. The molecule has 0 spiro atoms. The molecule has 1 aromatic rings. The van der Waals surface area contributed by atoms with Gasteiger partial charge in [-0.3, -0.25) is 0 Å². The van der Waals surface area contributed by atoms with E-state index in [1.807, 2.05) is 13.1 Å². The van der Waals surface area contributed by atoms with Gasteiger partial charge in [0, 0.05) is 31.9 Å². The van der Waals surface area contributed by atoms with Crippen LogP contribution in [0.2, 0.25) is 0 Å². The van der Waals surface area contributed by atoms with Crippen LogP contribution in [0.25, 0.3) is 0 Å². The van der Waals surface area contributed by atoms with E-state index in [-0.39, 0.29) is 5.82 Å². The van der Waals surface area contributed by atoms with Crippen molar-refractivity contribution in [3.63, 3.8) is 0 Å². The van der Waals surface area contributed by atoms with Gasteiger partial charge < -0.3 is 10.2 Å². The predicted octanol–water partition coefficient (Wildman–Crippen LogP) is 3.43. The highest BCUT2D eigenvalue weighted by atomic mass is 19.1. The van der Waals surface area contributed by atoms with Gasteiger partial charge in [0.1, 0.15) is 5.82 Å². The smallest absolute Gasteiger partial charge is 0.125 e. The third-order valence-corrected chi connectivity index (χ3v) is 4.07. The Morgan fingerprint density at radius 1 is 1.37 bits per heavy atom. The van der Waals surface area contributed by atoms with E-state index in [1.165, 1.54) is 31.7 Å². The minimum absolute atomic E-state index is 0.168. The number of hydrogen-bond acceptors (Lipinski definition) is 2. The lowest BCUT2D eigenvalue weighted by Gasteiger charge is -2.28. The van der Waals surface area contributed by atoms with E-state index in [2.05, 4.69) is 17.1 Å². The maximum Gasteiger partial charge on any atom is 0.125 e. The van der Waals surface area contributed by atoms with Crippen molar-refractivity contribution in [3.8, 4) is 0 Å².